The van der Waals surface area contributed by atoms with Gasteiger partial charge in [0.2, 0.25) is 0 Å². The number of aromatic nitrogens is 3. The first-order valence-corrected chi connectivity index (χ1v) is 12.4. The molecule has 7 heteroatoms. The molecule has 0 atom stereocenters. The highest BCUT2D eigenvalue weighted by atomic mass is 32.2. The highest BCUT2D eigenvalue weighted by Gasteiger charge is 2.17. The molecule has 178 valence electrons. The van der Waals surface area contributed by atoms with Crippen molar-refractivity contribution in [2.45, 2.75) is 38.3 Å². The summed E-state index contributed by atoms with van der Waals surface area (Å²) in [5.74, 6) is 0.686. The molecule has 1 heterocycles. The second kappa shape index (κ2) is 10.7. The van der Waals surface area contributed by atoms with Crippen LogP contribution in [-0.2, 0) is 10.2 Å². The molecule has 0 saturated carbocycles. The number of benzene rings is 3. The minimum absolute atomic E-state index is 0.0978. The van der Waals surface area contributed by atoms with Crippen LogP contribution in [0, 0.1) is 6.92 Å². The van der Waals surface area contributed by atoms with Crippen LogP contribution in [0.2, 0.25) is 0 Å². The average Bonchev–Trinajstić information content (AvgIpc) is 3.27. The highest BCUT2D eigenvalue weighted by molar-refractivity contribution is 7.99. The molecule has 35 heavy (non-hydrogen) atoms. The van der Waals surface area contributed by atoms with Crippen LogP contribution in [0.3, 0.4) is 0 Å². The quantitative estimate of drug-likeness (QED) is 0.205. The van der Waals surface area contributed by atoms with Gasteiger partial charge < -0.3 is 0 Å². The molecule has 0 spiro atoms. The zero-order chi connectivity index (χ0) is 24.8. The van der Waals surface area contributed by atoms with Crippen molar-refractivity contribution in [1.29, 1.82) is 0 Å². The minimum atomic E-state index is -0.211. The summed E-state index contributed by atoms with van der Waals surface area (Å²) in [4.78, 5) is 12.5. The summed E-state index contributed by atoms with van der Waals surface area (Å²) >= 11 is 1.32. The first-order chi connectivity index (χ1) is 16.8. The van der Waals surface area contributed by atoms with Crippen molar-refractivity contribution in [3.63, 3.8) is 0 Å². The first-order valence-electron chi connectivity index (χ1n) is 11.4. The molecule has 4 rings (SSSR count). The molecular weight excluding hydrogens is 454 g/mol. The maximum atomic E-state index is 12.5. The predicted molar refractivity (Wildman–Crippen MR) is 143 cm³/mol. The van der Waals surface area contributed by atoms with Gasteiger partial charge in [0.25, 0.3) is 5.91 Å². The van der Waals surface area contributed by atoms with E-state index in [1.165, 1.54) is 22.9 Å². The van der Waals surface area contributed by atoms with E-state index in [9.17, 15) is 4.79 Å². The van der Waals surface area contributed by atoms with E-state index in [0.717, 1.165) is 22.6 Å². The van der Waals surface area contributed by atoms with Gasteiger partial charge in [-0.3, -0.25) is 9.36 Å². The van der Waals surface area contributed by atoms with Gasteiger partial charge in [0.15, 0.2) is 11.0 Å². The predicted octanol–water partition coefficient (Wildman–Crippen LogP) is 5.78. The molecule has 0 aliphatic rings. The van der Waals surface area contributed by atoms with Crippen molar-refractivity contribution in [2.24, 2.45) is 5.10 Å². The minimum Gasteiger partial charge on any atom is -0.272 e. The van der Waals surface area contributed by atoms with Crippen LogP contribution < -0.4 is 5.43 Å². The zero-order valence-corrected chi connectivity index (χ0v) is 21.2. The Balaban J connectivity index is 1.44. The molecular formula is C28H29N5OS. The van der Waals surface area contributed by atoms with Gasteiger partial charge in [0.05, 0.1) is 12.0 Å². The van der Waals surface area contributed by atoms with Gasteiger partial charge in [-0.05, 0) is 35.6 Å². The molecule has 1 aromatic heterocycles. The van der Waals surface area contributed by atoms with Gasteiger partial charge >= 0.3 is 0 Å². The molecule has 1 amide bonds. The molecule has 6 nitrogen and oxygen atoms in total. The Morgan fingerprint density at radius 1 is 0.971 bits per heavy atom. The highest BCUT2D eigenvalue weighted by Crippen LogP contribution is 2.28. The summed E-state index contributed by atoms with van der Waals surface area (Å²) in [7, 11) is 0. The van der Waals surface area contributed by atoms with Gasteiger partial charge in [-0.1, -0.05) is 105 Å². The number of carbonyl (C=O) groups excluding carboxylic acids is 1. The fraction of sp³-hybridized carbons (Fsp3) is 0.214. The number of aryl methyl sites for hydroxylation is 1. The largest absolute Gasteiger partial charge is 0.272 e. The Kier molecular flexibility index (Phi) is 7.46. The van der Waals surface area contributed by atoms with Crippen LogP contribution in [-0.4, -0.2) is 32.6 Å². The van der Waals surface area contributed by atoms with Crippen LogP contribution in [0.25, 0.3) is 17.1 Å². The summed E-state index contributed by atoms with van der Waals surface area (Å²) in [5.41, 5.74) is 7.95. The zero-order valence-electron chi connectivity index (χ0n) is 20.4. The van der Waals surface area contributed by atoms with Crippen LogP contribution >= 0.6 is 11.8 Å². The van der Waals surface area contributed by atoms with Gasteiger partial charge in [-0.25, -0.2) is 5.43 Å². The molecule has 4 aromatic rings. The Labute approximate surface area is 210 Å². The second-order valence-electron chi connectivity index (χ2n) is 9.30. The lowest BCUT2D eigenvalue weighted by Crippen LogP contribution is -2.20. The topological polar surface area (TPSA) is 72.2 Å². The summed E-state index contributed by atoms with van der Waals surface area (Å²) in [6, 6.07) is 26.2. The van der Waals surface area contributed by atoms with Gasteiger partial charge in [-0.2, -0.15) is 5.10 Å². The van der Waals surface area contributed by atoms with Crippen molar-refractivity contribution in [3.8, 4) is 17.1 Å². The van der Waals surface area contributed by atoms with Crippen molar-refractivity contribution in [2.75, 3.05) is 5.75 Å². The van der Waals surface area contributed by atoms with E-state index >= 15 is 0 Å². The summed E-state index contributed by atoms with van der Waals surface area (Å²) in [5, 5.41) is 13.5. The van der Waals surface area contributed by atoms with Gasteiger partial charge in [-0.15, -0.1) is 10.2 Å². The third kappa shape index (κ3) is 6.25. The van der Waals surface area contributed by atoms with Crippen LogP contribution in [0.15, 0.2) is 89.1 Å². The Morgan fingerprint density at radius 3 is 2.31 bits per heavy atom. The average molecular weight is 484 g/mol. The lowest BCUT2D eigenvalue weighted by atomic mass is 9.87. The molecule has 3 aromatic carbocycles. The van der Waals surface area contributed by atoms with Crippen molar-refractivity contribution < 1.29 is 4.79 Å². The third-order valence-corrected chi connectivity index (χ3v) is 6.40. The molecule has 0 bridgehead atoms. The number of hydrogen-bond donors (Lipinski definition) is 1. The molecule has 0 aliphatic carbocycles. The molecule has 0 unspecified atom stereocenters. The number of amides is 1. The lowest BCUT2D eigenvalue weighted by molar-refractivity contribution is -0.118. The second-order valence-corrected chi connectivity index (χ2v) is 10.2. The van der Waals surface area contributed by atoms with Gasteiger partial charge in [0.1, 0.15) is 0 Å². The van der Waals surface area contributed by atoms with Gasteiger partial charge in [0, 0.05) is 11.3 Å². The Hall–Kier alpha value is -3.71. The van der Waals surface area contributed by atoms with E-state index in [0.29, 0.717) is 5.16 Å². The summed E-state index contributed by atoms with van der Waals surface area (Å²) in [6.45, 7) is 8.58. The third-order valence-electron chi connectivity index (χ3n) is 5.47. The number of nitrogens with zero attached hydrogens (tertiary/aromatic N) is 4. The van der Waals surface area contributed by atoms with E-state index in [2.05, 4.69) is 53.6 Å². The lowest BCUT2D eigenvalue weighted by Gasteiger charge is -2.18. The van der Waals surface area contributed by atoms with Crippen molar-refractivity contribution >= 4 is 23.9 Å². The summed E-state index contributed by atoms with van der Waals surface area (Å²) in [6.07, 6.45) is 1.65. The van der Waals surface area contributed by atoms with Crippen LogP contribution in [0.5, 0.6) is 0 Å². The fourth-order valence-corrected chi connectivity index (χ4v) is 4.22. The molecule has 0 aliphatic heterocycles. The molecule has 0 fully saturated rings. The standard InChI is InChI=1S/C28H29N5OS/c1-20-10-16-24(17-11-20)33-26(22-8-6-5-7-9-22)31-32-27(33)35-19-25(34)30-29-18-21-12-14-23(15-13-21)28(2,3)4/h5-18H,19H2,1-4H3,(H,30,34)/b29-18+. The SMILES string of the molecule is Cc1ccc(-n2c(SCC(=O)N/N=C/c3ccc(C(C)(C)C)cc3)nnc2-c2ccccc2)cc1. The number of thioether (sulfide) groups is 1. The van der Waals surface area contributed by atoms with E-state index in [1.807, 2.05) is 78.2 Å². The maximum Gasteiger partial charge on any atom is 0.250 e. The van der Waals surface area contributed by atoms with Crippen LogP contribution in [0.1, 0.15) is 37.5 Å². The number of hydrazone groups is 1. The summed E-state index contributed by atoms with van der Waals surface area (Å²) < 4.78 is 1.98. The maximum absolute atomic E-state index is 12.5. The fourth-order valence-electron chi connectivity index (χ4n) is 3.47. The van der Waals surface area contributed by atoms with Crippen molar-refractivity contribution in [1.82, 2.24) is 20.2 Å². The Morgan fingerprint density at radius 2 is 1.66 bits per heavy atom. The number of nitrogens with one attached hydrogen (secondary N) is 1. The number of rotatable bonds is 7. The first kappa shape index (κ1) is 24.4. The Bertz CT molecular complexity index is 1300. The number of hydrogen-bond acceptors (Lipinski definition) is 5. The smallest absolute Gasteiger partial charge is 0.250 e. The van der Waals surface area contributed by atoms with E-state index in [1.54, 1.807) is 6.21 Å². The molecule has 0 saturated heterocycles. The normalized spacial score (nSPS) is 11.7. The number of carbonyl (C=O) groups is 1. The van der Waals surface area contributed by atoms with Crippen molar-refractivity contribution in [3.05, 3.63) is 95.6 Å². The van der Waals surface area contributed by atoms with E-state index < -0.39 is 0 Å². The van der Waals surface area contributed by atoms with Crippen LogP contribution in [0.4, 0.5) is 0 Å². The molecule has 0 radical (unpaired) electrons. The molecule has 1 N–H and O–H groups in total. The van der Waals surface area contributed by atoms with E-state index in [-0.39, 0.29) is 17.1 Å². The monoisotopic (exact) mass is 483 g/mol. The van der Waals surface area contributed by atoms with E-state index in [4.69, 9.17) is 0 Å².